The van der Waals surface area contributed by atoms with E-state index in [0.29, 0.717) is 18.7 Å². The lowest BCUT2D eigenvalue weighted by molar-refractivity contribution is 0.454. The lowest BCUT2D eigenvalue weighted by Gasteiger charge is -2.01. The van der Waals surface area contributed by atoms with Crippen LogP contribution >= 0.6 is 0 Å². The van der Waals surface area contributed by atoms with E-state index < -0.39 is 10.0 Å². The summed E-state index contributed by atoms with van der Waals surface area (Å²) < 4.78 is 31.2. The molecule has 2 rings (SSSR count). The Morgan fingerprint density at radius 2 is 2.11 bits per heavy atom. The van der Waals surface area contributed by atoms with Crippen molar-refractivity contribution >= 4 is 10.0 Å². The number of nitrogens with one attached hydrogen (secondary N) is 2. The second-order valence-corrected chi connectivity index (χ2v) is 5.52. The zero-order valence-corrected chi connectivity index (χ0v) is 11.0. The van der Waals surface area contributed by atoms with Gasteiger partial charge < -0.3 is 4.42 Å². The third kappa shape index (κ3) is 3.09. The fourth-order valence-electron chi connectivity index (χ4n) is 1.39. The van der Waals surface area contributed by atoms with Crippen molar-refractivity contribution < 1.29 is 12.8 Å². The summed E-state index contributed by atoms with van der Waals surface area (Å²) in [6.45, 7) is 2.20. The standard InChI is InChI=1S/C11H13N3O4S/c1-2-7-12-19(16,17)11-6-4-9(18-11)8-3-5-10(15)14-13-8/h3-6,12H,2,7H2,1H3,(H,14,15). The van der Waals surface area contributed by atoms with Crippen LogP contribution in [0.3, 0.4) is 0 Å². The molecule has 2 aromatic rings. The van der Waals surface area contributed by atoms with E-state index in [2.05, 4.69) is 14.9 Å². The molecule has 0 bridgehead atoms. The molecule has 2 aromatic heterocycles. The van der Waals surface area contributed by atoms with Crippen LogP contribution in [0.25, 0.3) is 11.5 Å². The fraction of sp³-hybridized carbons (Fsp3) is 0.273. The first kappa shape index (κ1) is 13.5. The van der Waals surface area contributed by atoms with Crippen molar-refractivity contribution in [2.24, 2.45) is 0 Å². The lowest BCUT2D eigenvalue weighted by atomic mass is 10.3. The quantitative estimate of drug-likeness (QED) is 0.841. The van der Waals surface area contributed by atoms with Gasteiger partial charge in [-0.05, 0) is 24.6 Å². The van der Waals surface area contributed by atoms with Crippen LogP contribution < -0.4 is 10.3 Å². The highest BCUT2D eigenvalue weighted by atomic mass is 32.2. The Morgan fingerprint density at radius 3 is 2.74 bits per heavy atom. The van der Waals surface area contributed by atoms with Crippen molar-refractivity contribution in [3.63, 3.8) is 0 Å². The van der Waals surface area contributed by atoms with E-state index in [4.69, 9.17) is 4.42 Å². The third-order valence-corrected chi connectivity index (χ3v) is 3.65. The maximum Gasteiger partial charge on any atom is 0.273 e. The van der Waals surface area contributed by atoms with E-state index in [1.807, 2.05) is 6.92 Å². The Kier molecular flexibility index (Phi) is 3.82. The lowest BCUT2D eigenvalue weighted by Crippen LogP contribution is -2.23. The highest BCUT2D eigenvalue weighted by molar-refractivity contribution is 7.89. The Bertz CT molecular complexity index is 697. The zero-order valence-electron chi connectivity index (χ0n) is 10.2. The fourth-order valence-corrected chi connectivity index (χ4v) is 2.45. The maximum absolute atomic E-state index is 11.8. The van der Waals surface area contributed by atoms with Crippen molar-refractivity contribution in [2.45, 2.75) is 18.4 Å². The summed E-state index contributed by atoms with van der Waals surface area (Å²) in [4.78, 5) is 10.9. The predicted octanol–water partition coefficient (Wildman–Crippen LogP) is 0.718. The molecule has 19 heavy (non-hydrogen) atoms. The van der Waals surface area contributed by atoms with Crippen molar-refractivity contribution in [1.29, 1.82) is 0 Å². The number of aromatic nitrogens is 2. The first-order valence-electron chi connectivity index (χ1n) is 5.68. The first-order valence-corrected chi connectivity index (χ1v) is 7.17. The second-order valence-electron chi connectivity index (χ2n) is 3.82. The number of H-pyrrole nitrogens is 1. The number of hydrogen-bond donors (Lipinski definition) is 2. The van der Waals surface area contributed by atoms with E-state index in [1.54, 1.807) is 0 Å². The molecule has 0 atom stereocenters. The van der Waals surface area contributed by atoms with Gasteiger partial charge in [-0.3, -0.25) is 4.79 Å². The van der Waals surface area contributed by atoms with Gasteiger partial charge in [-0.15, -0.1) is 0 Å². The van der Waals surface area contributed by atoms with Gasteiger partial charge in [0, 0.05) is 12.6 Å². The molecule has 102 valence electrons. The normalized spacial score (nSPS) is 11.6. The van der Waals surface area contributed by atoms with Crippen LogP contribution in [0.2, 0.25) is 0 Å². The molecule has 7 nitrogen and oxygen atoms in total. The van der Waals surface area contributed by atoms with Gasteiger partial charge >= 0.3 is 0 Å². The SMILES string of the molecule is CCCNS(=O)(=O)c1ccc(-c2ccc(=O)[nH]n2)o1. The summed E-state index contributed by atoms with van der Waals surface area (Å²) in [6.07, 6.45) is 0.689. The minimum atomic E-state index is -3.63. The Labute approximate surface area is 109 Å². The van der Waals surface area contributed by atoms with Gasteiger partial charge in [0.05, 0.1) is 0 Å². The summed E-state index contributed by atoms with van der Waals surface area (Å²) in [5, 5.41) is 5.83. The molecule has 2 N–H and O–H groups in total. The van der Waals surface area contributed by atoms with Crippen molar-refractivity contribution in [3.8, 4) is 11.5 Å². The van der Waals surface area contributed by atoms with Gasteiger partial charge in [-0.2, -0.15) is 5.10 Å². The van der Waals surface area contributed by atoms with Crippen LogP contribution in [0, 0.1) is 0 Å². The molecule has 0 saturated carbocycles. The van der Waals surface area contributed by atoms with Crippen LogP contribution in [0.5, 0.6) is 0 Å². The molecule has 0 amide bonds. The van der Waals surface area contributed by atoms with Gasteiger partial charge in [0.25, 0.3) is 15.6 Å². The zero-order chi connectivity index (χ0) is 13.9. The second kappa shape index (κ2) is 5.37. The van der Waals surface area contributed by atoms with Crippen LogP contribution in [0.15, 0.2) is 38.6 Å². The Hall–Kier alpha value is -1.93. The Morgan fingerprint density at radius 1 is 1.32 bits per heavy atom. The highest BCUT2D eigenvalue weighted by Gasteiger charge is 2.18. The van der Waals surface area contributed by atoms with Crippen molar-refractivity contribution in [2.75, 3.05) is 6.54 Å². The van der Waals surface area contributed by atoms with Crippen LogP contribution in [0.4, 0.5) is 0 Å². The average Bonchev–Trinajstić information content (AvgIpc) is 2.88. The van der Waals surface area contributed by atoms with E-state index >= 15 is 0 Å². The van der Waals surface area contributed by atoms with Crippen LogP contribution in [-0.4, -0.2) is 25.2 Å². The summed E-state index contributed by atoms with van der Waals surface area (Å²) in [5.41, 5.74) is 0.0179. The van der Waals surface area contributed by atoms with E-state index in [1.165, 1.54) is 24.3 Å². The van der Waals surface area contributed by atoms with Gasteiger partial charge in [0.2, 0.25) is 5.09 Å². The van der Waals surface area contributed by atoms with E-state index in [-0.39, 0.29) is 16.4 Å². The molecule has 8 heteroatoms. The predicted molar refractivity (Wildman–Crippen MR) is 68.0 cm³/mol. The maximum atomic E-state index is 11.8. The third-order valence-electron chi connectivity index (χ3n) is 2.32. The molecule has 0 spiro atoms. The minimum Gasteiger partial charge on any atom is -0.442 e. The number of hydrogen-bond acceptors (Lipinski definition) is 5. The molecule has 0 radical (unpaired) electrons. The number of sulfonamides is 1. The molecular formula is C11H13N3O4S. The van der Waals surface area contributed by atoms with Crippen molar-refractivity contribution in [3.05, 3.63) is 34.6 Å². The van der Waals surface area contributed by atoms with Crippen LogP contribution in [-0.2, 0) is 10.0 Å². The number of rotatable bonds is 5. The van der Waals surface area contributed by atoms with Gasteiger partial charge in [-0.1, -0.05) is 6.92 Å². The average molecular weight is 283 g/mol. The van der Waals surface area contributed by atoms with E-state index in [9.17, 15) is 13.2 Å². The minimum absolute atomic E-state index is 0.177. The van der Waals surface area contributed by atoms with E-state index in [0.717, 1.165) is 0 Å². The number of furan rings is 1. The van der Waals surface area contributed by atoms with Crippen molar-refractivity contribution in [1.82, 2.24) is 14.9 Å². The molecule has 0 unspecified atom stereocenters. The smallest absolute Gasteiger partial charge is 0.273 e. The highest BCUT2D eigenvalue weighted by Crippen LogP contribution is 2.21. The molecule has 0 aliphatic heterocycles. The summed E-state index contributed by atoms with van der Waals surface area (Å²) in [6, 6.07) is 5.57. The topological polar surface area (TPSA) is 105 Å². The summed E-state index contributed by atoms with van der Waals surface area (Å²) >= 11 is 0. The molecule has 0 aliphatic carbocycles. The molecule has 0 fully saturated rings. The van der Waals surface area contributed by atoms with Gasteiger partial charge in [-0.25, -0.2) is 18.2 Å². The Balaban J connectivity index is 2.28. The number of aromatic amines is 1. The molecule has 0 saturated heterocycles. The molecular weight excluding hydrogens is 270 g/mol. The molecule has 0 aliphatic rings. The summed E-state index contributed by atoms with van der Waals surface area (Å²) in [7, 11) is -3.63. The van der Waals surface area contributed by atoms with Gasteiger partial charge in [0.15, 0.2) is 5.76 Å². The van der Waals surface area contributed by atoms with Gasteiger partial charge in [0.1, 0.15) is 5.69 Å². The largest absolute Gasteiger partial charge is 0.442 e. The summed E-state index contributed by atoms with van der Waals surface area (Å²) in [5.74, 6) is 0.271. The molecule has 0 aromatic carbocycles. The first-order chi connectivity index (χ1) is 9.03. The number of nitrogens with zero attached hydrogens (tertiary/aromatic N) is 1. The van der Waals surface area contributed by atoms with Crippen LogP contribution in [0.1, 0.15) is 13.3 Å². The molecule has 2 heterocycles. The monoisotopic (exact) mass is 283 g/mol.